The molecule has 0 spiro atoms. The van der Waals surface area contributed by atoms with E-state index >= 15 is 0 Å². The molecule has 1 atom stereocenters. The van der Waals surface area contributed by atoms with Crippen molar-refractivity contribution >= 4 is 17.6 Å². The van der Waals surface area contributed by atoms with E-state index in [1.165, 1.54) is 32.6 Å². The van der Waals surface area contributed by atoms with Crippen molar-refractivity contribution in [3.05, 3.63) is 29.8 Å². The van der Waals surface area contributed by atoms with Gasteiger partial charge in [-0.2, -0.15) is 0 Å². The number of benzene rings is 1. The van der Waals surface area contributed by atoms with Crippen LogP contribution in [0.1, 0.15) is 58.4 Å². The van der Waals surface area contributed by atoms with Crippen molar-refractivity contribution in [2.24, 2.45) is 4.99 Å². The fourth-order valence-corrected chi connectivity index (χ4v) is 2.53. The van der Waals surface area contributed by atoms with Crippen molar-refractivity contribution in [2.45, 2.75) is 65.5 Å². The van der Waals surface area contributed by atoms with Crippen LogP contribution in [0, 0.1) is 0 Å². The number of nitrogens with zero attached hydrogens (tertiary/aromatic N) is 1. The zero-order valence-electron chi connectivity index (χ0n) is 15.5. The molecule has 1 amide bonds. The lowest BCUT2D eigenvalue weighted by Crippen LogP contribution is -2.41. The molecular formula is C19H32N4O. The molecule has 134 valence electrons. The number of rotatable bonds is 9. The first-order valence-electron chi connectivity index (χ1n) is 8.88. The van der Waals surface area contributed by atoms with Crippen LogP contribution in [0.3, 0.4) is 0 Å². The van der Waals surface area contributed by atoms with Crippen molar-refractivity contribution in [3.63, 3.8) is 0 Å². The molecule has 3 N–H and O–H groups in total. The molecule has 0 fully saturated rings. The van der Waals surface area contributed by atoms with Gasteiger partial charge in [0.25, 0.3) is 0 Å². The molecule has 1 rings (SSSR count). The van der Waals surface area contributed by atoms with Crippen molar-refractivity contribution < 1.29 is 4.79 Å². The summed E-state index contributed by atoms with van der Waals surface area (Å²) in [6, 6.07) is 8.22. The van der Waals surface area contributed by atoms with E-state index in [0.29, 0.717) is 12.6 Å². The zero-order chi connectivity index (χ0) is 17.8. The van der Waals surface area contributed by atoms with Crippen LogP contribution in [0.15, 0.2) is 29.3 Å². The predicted molar refractivity (Wildman–Crippen MR) is 102 cm³/mol. The fraction of sp³-hybridized carbons (Fsp3) is 0.579. The number of nitrogens with one attached hydrogen (secondary N) is 3. The highest BCUT2D eigenvalue weighted by Gasteiger charge is 2.05. The maximum atomic E-state index is 11.1. The standard InChI is InChI=1S/C19H32N4O/c1-5-6-7-8-10-15(2)22-19(20-4)21-14-17-11-9-12-18(13-17)23-16(3)24/h9,11-13,15H,5-8,10,14H2,1-4H3,(H,23,24)(H2,20,21,22). The number of carbonyl (C=O) groups excluding carboxylic acids is 1. The minimum atomic E-state index is -0.0607. The molecule has 0 bridgehead atoms. The molecule has 0 heterocycles. The first-order valence-corrected chi connectivity index (χ1v) is 8.88. The van der Waals surface area contributed by atoms with Crippen LogP contribution in [0.2, 0.25) is 0 Å². The summed E-state index contributed by atoms with van der Waals surface area (Å²) in [5.41, 5.74) is 1.91. The van der Waals surface area contributed by atoms with Gasteiger partial charge < -0.3 is 16.0 Å². The molecule has 1 aromatic carbocycles. The summed E-state index contributed by atoms with van der Waals surface area (Å²) < 4.78 is 0. The van der Waals surface area contributed by atoms with Crippen molar-refractivity contribution in [3.8, 4) is 0 Å². The highest BCUT2D eigenvalue weighted by molar-refractivity contribution is 5.88. The highest BCUT2D eigenvalue weighted by atomic mass is 16.1. The Bertz CT molecular complexity index is 528. The minimum absolute atomic E-state index is 0.0607. The number of carbonyl (C=O) groups is 1. The second kappa shape index (κ2) is 11.5. The smallest absolute Gasteiger partial charge is 0.221 e. The highest BCUT2D eigenvalue weighted by Crippen LogP contribution is 2.10. The lowest BCUT2D eigenvalue weighted by Gasteiger charge is -2.18. The van der Waals surface area contributed by atoms with Crippen LogP contribution in [0.4, 0.5) is 5.69 Å². The summed E-state index contributed by atoms with van der Waals surface area (Å²) in [5, 5.41) is 9.55. The van der Waals surface area contributed by atoms with Crippen LogP contribution < -0.4 is 16.0 Å². The van der Waals surface area contributed by atoms with E-state index in [0.717, 1.165) is 23.6 Å². The van der Waals surface area contributed by atoms with Crippen molar-refractivity contribution in [1.29, 1.82) is 0 Å². The van der Waals surface area contributed by atoms with Crippen LogP contribution >= 0.6 is 0 Å². The van der Waals surface area contributed by atoms with Crippen LogP contribution in [-0.4, -0.2) is 25.0 Å². The van der Waals surface area contributed by atoms with Crippen LogP contribution in [0.5, 0.6) is 0 Å². The average Bonchev–Trinajstić information content (AvgIpc) is 2.55. The van der Waals surface area contributed by atoms with E-state index in [1.807, 2.05) is 24.3 Å². The van der Waals surface area contributed by atoms with Gasteiger partial charge in [-0.05, 0) is 31.0 Å². The first kappa shape index (κ1) is 20.0. The molecular weight excluding hydrogens is 300 g/mol. The third-order valence-electron chi connectivity index (χ3n) is 3.80. The Morgan fingerprint density at radius 1 is 1.25 bits per heavy atom. The number of aliphatic imine (C=N–C) groups is 1. The Hall–Kier alpha value is -2.04. The fourth-order valence-electron chi connectivity index (χ4n) is 2.53. The summed E-state index contributed by atoms with van der Waals surface area (Å²) in [6.45, 7) is 6.60. The zero-order valence-corrected chi connectivity index (χ0v) is 15.5. The molecule has 1 aromatic rings. The van der Waals surface area contributed by atoms with Gasteiger partial charge in [0.1, 0.15) is 0 Å². The van der Waals surface area contributed by atoms with Crippen molar-refractivity contribution in [1.82, 2.24) is 10.6 Å². The number of anilines is 1. The number of hydrogen-bond acceptors (Lipinski definition) is 2. The topological polar surface area (TPSA) is 65.5 Å². The number of hydrogen-bond donors (Lipinski definition) is 3. The van der Waals surface area contributed by atoms with Gasteiger partial charge in [-0.3, -0.25) is 9.79 Å². The maximum Gasteiger partial charge on any atom is 0.221 e. The maximum absolute atomic E-state index is 11.1. The third-order valence-corrected chi connectivity index (χ3v) is 3.80. The van der Waals surface area contributed by atoms with E-state index in [2.05, 4.69) is 34.8 Å². The molecule has 0 saturated heterocycles. The minimum Gasteiger partial charge on any atom is -0.354 e. The quantitative estimate of drug-likeness (QED) is 0.367. The molecule has 0 radical (unpaired) electrons. The molecule has 0 aromatic heterocycles. The Morgan fingerprint density at radius 3 is 2.71 bits per heavy atom. The van der Waals surface area contributed by atoms with E-state index in [9.17, 15) is 4.79 Å². The molecule has 24 heavy (non-hydrogen) atoms. The average molecular weight is 332 g/mol. The molecule has 0 aliphatic rings. The summed E-state index contributed by atoms with van der Waals surface area (Å²) in [7, 11) is 1.78. The van der Waals surface area contributed by atoms with E-state index in [1.54, 1.807) is 7.05 Å². The van der Waals surface area contributed by atoms with Gasteiger partial charge >= 0.3 is 0 Å². The number of amides is 1. The van der Waals surface area contributed by atoms with Gasteiger partial charge in [0, 0.05) is 32.2 Å². The normalized spacial score (nSPS) is 12.6. The third kappa shape index (κ3) is 8.56. The Morgan fingerprint density at radius 2 is 2.04 bits per heavy atom. The van der Waals surface area contributed by atoms with Crippen molar-refractivity contribution in [2.75, 3.05) is 12.4 Å². The molecule has 0 aliphatic carbocycles. The summed E-state index contributed by atoms with van der Waals surface area (Å²) in [6.07, 6.45) is 6.27. The van der Waals surface area contributed by atoms with E-state index in [-0.39, 0.29) is 5.91 Å². The van der Waals surface area contributed by atoms with E-state index < -0.39 is 0 Å². The van der Waals surface area contributed by atoms with Crippen LogP contribution in [0.25, 0.3) is 0 Å². The monoisotopic (exact) mass is 332 g/mol. The van der Waals surface area contributed by atoms with Gasteiger partial charge in [0.05, 0.1) is 0 Å². The Kier molecular flexibility index (Phi) is 9.58. The largest absolute Gasteiger partial charge is 0.354 e. The SMILES string of the molecule is CCCCCCC(C)NC(=NC)NCc1cccc(NC(C)=O)c1. The predicted octanol–water partition coefficient (Wildman–Crippen LogP) is 3.67. The van der Waals surface area contributed by atoms with Gasteiger partial charge in [0.15, 0.2) is 5.96 Å². The first-order chi connectivity index (χ1) is 11.5. The Labute approximate surface area is 146 Å². The molecule has 5 nitrogen and oxygen atoms in total. The van der Waals surface area contributed by atoms with Gasteiger partial charge in [0.2, 0.25) is 5.91 Å². The molecule has 1 unspecified atom stereocenters. The molecule has 0 aliphatic heterocycles. The molecule has 0 saturated carbocycles. The second-order valence-electron chi connectivity index (χ2n) is 6.20. The molecule has 5 heteroatoms. The lowest BCUT2D eigenvalue weighted by atomic mass is 10.1. The summed E-state index contributed by atoms with van der Waals surface area (Å²) >= 11 is 0. The number of guanidine groups is 1. The second-order valence-corrected chi connectivity index (χ2v) is 6.20. The van der Waals surface area contributed by atoms with Gasteiger partial charge in [-0.25, -0.2) is 0 Å². The lowest BCUT2D eigenvalue weighted by molar-refractivity contribution is -0.114. The van der Waals surface area contributed by atoms with Gasteiger partial charge in [-0.15, -0.1) is 0 Å². The van der Waals surface area contributed by atoms with E-state index in [4.69, 9.17) is 0 Å². The summed E-state index contributed by atoms with van der Waals surface area (Å²) in [5.74, 6) is 0.748. The van der Waals surface area contributed by atoms with Gasteiger partial charge in [-0.1, -0.05) is 44.7 Å². The Balaban J connectivity index is 2.42. The summed E-state index contributed by atoms with van der Waals surface area (Å²) in [4.78, 5) is 15.4. The van der Waals surface area contributed by atoms with Crippen LogP contribution in [-0.2, 0) is 11.3 Å². The number of unbranched alkanes of at least 4 members (excludes halogenated alkanes) is 3.